The third-order valence-electron chi connectivity index (χ3n) is 5.01. The summed E-state index contributed by atoms with van der Waals surface area (Å²) in [5, 5.41) is 3.74. The van der Waals surface area contributed by atoms with Gasteiger partial charge < -0.3 is 5.32 Å². The highest BCUT2D eigenvalue weighted by Crippen LogP contribution is 2.49. The molecule has 0 aromatic heterocycles. The molecule has 2 heteroatoms. The predicted molar refractivity (Wildman–Crippen MR) is 79.4 cm³/mol. The molecule has 2 saturated carbocycles. The van der Waals surface area contributed by atoms with Crippen LogP contribution in [0.5, 0.6) is 0 Å². The number of fused-ring (bicyclic) bond motifs is 2. The van der Waals surface area contributed by atoms with Crippen LogP contribution in [0, 0.1) is 17.8 Å². The van der Waals surface area contributed by atoms with Crippen LogP contribution in [-0.2, 0) is 6.54 Å². The van der Waals surface area contributed by atoms with Gasteiger partial charge in [-0.2, -0.15) is 0 Å². The third kappa shape index (κ3) is 2.50. The molecule has 3 rings (SSSR count). The summed E-state index contributed by atoms with van der Waals surface area (Å²) in [6.45, 7) is 3.36. The maximum Gasteiger partial charge on any atom is 0.0220 e. The van der Waals surface area contributed by atoms with Gasteiger partial charge in [-0.1, -0.05) is 40.5 Å². The highest BCUT2D eigenvalue weighted by molar-refractivity contribution is 9.10. The molecule has 1 nitrogen and oxygen atoms in total. The maximum atomic E-state index is 3.74. The minimum atomic E-state index is 0.660. The molecule has 1 aromatic rings. The van der Waals surface area contributed by atoms with Crippen LogP contribution in [0.15, 0.2) is 28.7 Å². The fraction of sp³-hybridized carbons (Fsp3) is 0.625. The quantitative estimate of drug-likeness (QED) is 0.871. The van der Waals surface area contributed by atoms with E-state index in [1.54, 1.807) is 0 Å². The summed E-state index contributed by atoms with van der Waals surface area (Å²) in [4.78, 5) is 0. The predicted octanol–water partition coefficient (Wildman–Crippen LogP) is 4.36. The van der Waals surface area contributed by atoms with Crippen LogP contribution in [0.2, 0.25) is 0 Å². The van der Waals surface area contributed by atoms with Crippen LogP contribution < -0.4 is 5.32 Å². The molecule has 2 bridgehead atoms. The van der Waals surface area contributed by atoms with E-state index in [2.05, 4.69) is 52.4 Å². The average Bonchev–Trinajstić information content (AvgIpc) is 2.99. The number of nitrogens with one attached hydrogen (secondary N) is 1. The number of hydrogen-bond donors (Lipinski definition) is 1. The third-order valence-corrected chi connectivity index (χ3v) is 5.78. The number of rotatable bonds is 4. The van der Waals surface area contributed by atoms with Crippen molar-refractivity contribution in [3.8, 4) is 0 Å². The Hall–Kier alpha value is -0.340. The van der Waals surface area contributed by atoms with E-state index < -0.39 is 0 Å². The van der Waals surface area contributed by atoms with Crippen LogP contribution in [0.4, 0.5) is 0 Å². The highest BCUT2D eigenvalue weighted by atomic mass is 79.9. The standard InChI is InChI=1S/C16H22BrN/c1-11(15-9-12-6-7-13(15)8-12)18-10-14-4-2-3-5-16(14)17/h2-5,11-13,15,18H,6-10H2,1H3/t11-,12-,13-,15-/m1/s1. The second-order valence-corrected chi connectivity index (χ2v) is 6.95. The molecule has 2 fully saturated rings. The first kappa shape index (κ1) is 12.7. The SMILES string of the molecule is C[C@@H](NCc1ccccc1Br)[C@H]1C[C@@H]2CC[C@@H]1C2. The molecular formula is C16H22BrN. The van der Waals surface area contributed by atoms with Gasteiger partial charge in [-0.3, -0.25) is 0 Å². The van der Waals surface area contributed by atoms with E-state index in [4.69, 9.17) is 0 Å². The lowest BCUT2D eigenvalue weighted by Gasteiger charge is -2.28. The van der Waals surface area contributed by atoms with Crippen LogP contribution in [0.25, 0.3) is 0 Å². The number of benzene rings is 1. The molecular weight excluding hydrogens is 286 g/mol. The van der Waals surface area contributed by atoms with E-state index in [1.807, 2.05) is 0 Å². The Balaban J connectivity index is 1.56. The van der Waals surface area contributed by atoms with Crippen molar-refractivity contribution in [3.63, 3.8) is 0 Å². The van der Waals surface area contributed by atoms with Crippen LogP contribution in [-0.4, -0.2) is 6.04 Å². The summed E-state index contributed by atoms with van der Waals surface area (Å²) in [5.41, 5.74) is 1.37. The van der Waals surface area contributed by atoms with Gasteiger partial charge in [0.1, 0.15) is 0 Å². The molecule has 2 aliphatic carbocycles. The summed E-state index contributed by atoms with van der Waals surface area (Å²) in [7, 11) is 0. The Morgan fingerprint density at radius 1 is 1.28 bits per heavy atom. The van der Waals surface area contributed by atoms with Gasteiger partial charge in [0.05, 0.1) is 0 Å². The molecule has 0 aliphatic heterocycles. The fourth-order valence-corrected chi connectivity index (χ4v) is 4.40. The van der Waals surface area contributed by atoms with Crippen molar-refractivity contribution in [3.05, 3.63) is 34.3 Å². The highest BCUT2D eigenvalue weighted by Gasteiger charge is 2.41. The smallest absolute Gasteiger partial charge is 0.0220 e. The van der Waals surface area contributed by atoms with Gasteiger partial charge in [0.15, 0.2) is 0 Å². The molecule has 18 heavy (non-hydrogen) atoms. The van der Waals surface area contributed by atoms with Crippen LogP contribution in [0.3, 0.4) is 0 Å². The van der Waals surface area contributed by atoms with Gasteiger partial charge in [0, 0.05) is 17.1 Å². The van der Waals surface area contributed by atoms with Crippen molar-refractivity contribution in [1.82, 2.24) is 5.32 Å². The molecule has 98 valence electrons. The first-order valence-electron chi connectivity index (χ1n) is 7.21. The fourth-order valence-electron chi connectivity index (χ4n) is 3.97. The van der Waals surface area contributed by atoms with Gasteiger partial charge in [0.2, 0.25) is 0 Å². The van der Waals surface area contributed by atoms with Crippen molar-refractivity contribution < 1.29 is 0 Å². The zero-order valence-electron chi connectivity index (χ0n) is 11.0. The molecule has 0 radical (unpaired) electrons. The van der Waals surface area contributed by atoms with Crippen LogP contribution >= 0.6 is 15.9 Å². The van der Waals surface area contributed by atoms with Gasteiger partial charge in [0.25, 0.3) is 0 Å². The lowest BCUT2D eigenvalue weighted by atomic mass is 9.84. The zero-order valence-corrected chi connectivity index (χ0v) is 12.6. The average molecular weight is 308 g/mol. The summed E-state index contributed by atoms with van der Waals surface area (Å²) in [6.07, 6.45) is 5.95. The van der Waals surface area contributed by atoms with Crippen molar-refractivity contribution >= 4 is 15.9 Å². The Morgan fingerprint density at radius 2 is 2.11 bits per heavy atom. The van der Waals surface area contributed by atoms with E-state index in [1.165, 1.54) is 35.7 Å². The molecule has 0 saturated heterocycles. The van der Waals surface area contributed by atoms with E-state index in [0.29, 0.717) is 6.04 Å². The number of hydrogen-bond acceptors (Lipinski definition) is 1. The Labute approximate surface area is 118 Å². The first-order chi connectivity index (χ1) is 8.74. The van der Waals surface area contributed by atoms with E-state index in [0.717, 1.165) is 24.3 Å². The minimum Gasteiger partial charge on any atom is -0.310 e. The van der Waals surface area contributed by atoms with Gasteiger partial charge >= 0.3 is 0 Å². The molecule has 1 N–H and O–H groups in total. The maximum absolute atomic E-state index is 3.74. The second-order valence-electron chi connectivity index (χ2n) is 6.10. The normalized spacial score (nSPS) is 31.8. The molecule has 2 aliphatic rings. The lowest BCUT2D eigenvalue weighted by molar-refractivity contribution is 0.259. The van der Waals surface area contributed by atoms with Gasteiger partial charge in [-0.15, -0.1) is 0 Å². The monoisotopic (exact) mass is 307 g/mol. The number of halogens is 1. The zero-order chi connectivity index (χ0) is 12.5. The summed E-state index contributed by atoms with van der Waals surface area (Å²) in [6, 6.07) is 9.17. The largest absolute Gasteiger partial charge is 0.310 e. The van der Waals surface area contributed by atoms with Gasteiger partial charge in [-0.25, -0.2) is 0 Å². The van der Waals surface area contributed by atoms with E-state index >= 15 is 0 Å². The van der Waals surface area contributed by atoms with Gasteiger partial charge in [-0.05, 0) is 55.6 Å². The van der Waals surface area contributed by atoms with Crippen molar-refractivity contribution in [2.45, 2.75) is 45.2 Å². The van der Waals surface area contributed by atoms with Crippen molar-refractivity contribution in [2.75, 3.05) is 0 Å². The summed E-state index contributed by atoms with van der Waals surface area (Å²) < 4.78 is 1.22. The molecule has 4 atom stereocenters. The summed E-state index contributed by atoms with van der Waals surface area (Å²) >= 11 is 3.62. The minimum absolute atomic E-state index is 0.660. The Bertz CT molecular complexity index is 417. The van der Waals surface area contributed by atoms with E-state index in [9.17, 15) is 0 Å². The van der Waals surface area contributed by atoms with Crippen molar-refractivity contribution in [2.24, 2.45) is 17.8 Å². The summed E-state index contributed by atoms with van der Waals surface area (Å²) in [5.74, 6) is 2.98. The first-order valence-corrected chi connectivity index (χ1v) is 8.00. The topological polar surface area (TPSA) is 12.0 Å². The second kappa shape index (κ2) is 5.34. The molecule has 0 heterocycles. The van der Waals surface area contributed by atoms with Crippen molar-refractivity contribution in [1.29, 1.82) is 0 Å². The Kier molecular flexibility index (Phi) is 3.76. The molecule has 0 unspecified atom stereocenters. The lowest BCUT2D eigenvalue weighted by Crippen LogP contribution is -2.35. The van der Waals surface area contributed by atoms with Crippen LogP contribution in [0.1, 0.15) is 38.2 Å². The molecule has 0 spiro atoms. The molecule has 1 aromatic carbocycles. The Morgan fingerprint density at radius 3 is 2.78 bits per heavy atom. The molecule has 0 amide bonds. The van der Waals surface area contributed by atoms with E-state index in [-0.39, 0.29) is 0 Å².